The standard InChI is InChI=1S/C18H16N2O3/c1-22-17-8-10-19-11-16(17)15-3-2-9-20-18(15)23-14-6-4-13(12-21)5-7-14/h2-11,21H,12H2,1H3. The van der Waals surface area contributed by atoms with Gasteiger partial charge in [0.25, 0.3) is 0 Å². The van der Waals surface area contributed by atoms with Gasteiger partial charge in [0, 0.05) is 29.7 Å². The molecule has 0 saturated heterocycles. The SMILES string of the molecule is COc1ccncc1-c1cccnc1Oc1ccc(CO)cc1. The van der Waals surface area contributed by atoms with E-state index in [0.717, 1.165) is 16.7 Å². The van der Waals surface area contributed by atoms with Crippen LogP contribution in [0, 0.1) is 0 Å². The van der Waals surface area contributed by atoms with E-state index in [2.05, 4.69) is 9.97 Å². The summed E-state index contributed by atoms with van der Waals surface area (Å²) in [6.07, 6.45) is 5.06. The number of hydrogen-bond acceptors (Lipinski definition) is 5. The van der Waals surface area contributed by atoms with Crippen molar-refractivity contribution in [2.45, 2.75) is 6.61 Å². The lowest BCUT2D eigenvalue weighted by atomic mass is 10.1. The zero-order valence-corrected chi connectivity index (χ0v) is 12.6. The van der Waals surface area contributed by atoms with Crippen LogP contribution in [-0.4, -0.2) is 22.2 Å². The van der Waals surface area contributed by atoms with E-state index in [9.17, 15) is 0 Å². The summed E-state index contributed by atoms with van der Waals surface area (Å²) in [4.78, 5) is 8.46. The molecule has 0 atom stereocenters. The van der Waals surface area contributed by atoms with E-state index < -0.39 is 0 Å². The molecular weight excluding hydrogens is 292 g/mol. The quantitative estimate of drug-likeness (QED) is 0.782. The maximum atomic E-state index is 9.09. The van der Waals surface area contributed by atoms with Gasteiger partial charge in [-0.1, -0.05) is 12.1 Å². The highest BCUT2D eigenvalue weighted by molar-refractivity contribution is 5.73. The Balaban J connectivity index is 1.97. The van der Waals surface area contributed by atoms with Crippen molar-refractivity contribution < 1.29 is 14.6 Å². The Morgan fingerprint density at radius 2 is 1.83 bits per heavy atom. The average molecular weight is 308 g/mol. The monoisotopic (exact) mass is 308 g/mol. The Morgan fingerprint density at radius 1 is 1.00 bits per heavy atom. The van der Waals surface area contributed by atoms with Crippen LogP contribution in [-0.2, 0) is 6.61 Å². The van der Waals surface area contributed by atoms with Crippen LogP contribution >= 0.6 is 0 Å². The minimum absolute atomic E-state index is 0.00198. The van der Waals surface area contributed by atoms with E-state index >= 15 is 0 Å². The maximum Gasteiger partial charge on any atom is 0.227 e. The predicted molar refractivity (Wildman–Crippen MR) is 86.5 cm³/mol. The molecule has 23 heavy (non-hydrogen) atoms. The van der Waals surface area contributed by atoms with E-state index in [0.29, 0.717) is 17.4 Å². The molecule has 1 aromatic carbocycles. The average Bonchev–Trinajstić information content (AvgIpc) is 2.63. The highest BCUT2D eigenvalue weighted by Crippen LogP contribution is 2.36. The van der Waals surface area contributed by atoms with E-state index in [1.54, 1.807) is 43.9 Å². The van der Waals surface area contributed by atoms with Crippen LogP contribution in [0.1, 0.15) is 5.56 Å². The third-order valence-corrected chi connectivity index (χ3v) is 3.38. The molecular formula is C18H16N2O3. The lowest BCUT2D eigenvalue weighted by molar-refractivity contribution is 0.281. The third kappa shape index (κ3) is 3.30. The van der Waals surface area contributed by atoms with E-state index in [-0.39, 0.29) is 6.61 Å². The van der Waals surface area contributed by atoms with Crippen molar-refractivity contribution in [3.8, 4) is 28.5 Å². The van der Waals surface area contributed by atoms with Crippen LogP contribution < -0.4 is 9.47 Å². The fourth-order valence-electron chi connectivity index (χ4n) is 2.21. The molecule has 0 spiro atoms. The molecule has 0 saturated carbocycles. The van der Waals surface area contributed by atoms with Crippen LogP contribution in [0.5, 0.6) is 17.4 Å². The number of pyridine rings is 2. The molecule has 0 aliphatic carbocycles. The van der Waals surface area contributed by atoms with E-state index in [1.807, 2.05) is 24.3 Å². The first-order valence-electron chi connectivity index (χ1n) is 7.13. The van der Waals surface area contributed by atoms with Crippen LogP contribution in [0.15, 0.2) is 61.1 Å². The molecule has 2 heterocycles. The molecule has 0 aliphatic heterocycles. The van der Waals surface area contributed by atoms with Gasteiger partial charge < -0.3 is 14.6 Å². The number of hydrogen-bond donors (Lipinski definition) is 1. The van der Waals surface area contributed by atoms with Gasteiger partial charge in [-0.3, -0.25) is 4.98 Å². The second-order valence-corrected chi connectivity index (χ2v) is 4.84. The summed E-state index contributed by atoms with van der Waals surface area (Å²) in [5.74, 6) is 1.81. The maximum absolute atomic E-state index is 9.09. The number of nitrogens with zero attached hydrogens (tertiary/aromatic N) is 2. The largest absolute Gasteiger partial charge is 0.496 e. The molecule has 2 aromatic heterocycles. The Morgan fingerprint density at radius 3 is 2.57 bits per heavy atom. The van der Waals surface area contributed by atoms with Gasteiger partial charge in [0.15, 0.2) is 0 Å². The molecule has 0 unspecified atom stereocenters. The Bertz CT molecular complexity index is 788. The summed E-state index contributed by atoms with van der Waals surface area (Å²) in [6, 6.07) is 12.7. The van der Waals surface area contributed by atoms with Crippen LogP contribution in [0.4, 0.5) is 0 Å². The second-order valence-electron chi connectivity index (χ2n) is 4.84. The molecule has 3 rings (SSSR count). The van der Waals surface area contributed by atoms with Gasteiger partial charge in [-0.15, -0.1) is 0 Å². The zero-order chi connectivity index (χ0) is 16.1. The summed E-state index contributed by atoms with van der Waals surface area (Å²) in [5.41, 5.74) is 2.43. The van der Waals surface area contributed by atoms with Gasteiger partial charge in [0.1, 0.15) is 11.5 Å². The molecule has 0 amide bonds. The zero-order valence-electron chi connectivity index (χ0n) is 12.6. The molecule has 1 N–H and O–H groups in total. The summed E-state index contributed by atoms with van der Waals surface area (Å²) >= 11 is 0. The first-order chi connectivity index (χ1) is 11.3. The number of aromatic nitrogens is 2. The number of ether oxygens (including phenoxy) is 2. The van der Waals surface area contributed by atoms with Crippen molar-refractivity contribution in [1.29, 1.82) is 0 Å². The summed E-state index contributed by atoms with van der Waals surface area (Å²) in [5, 5.41) is 9.09. The summed E-state index contributed by atoms with van der Waals surface area (Å²) in [7, 11) is 1.61. The topological polar surface area (TPSA) is 64.5 Å². The smallest absolute Gasteiger partial charge is 0.227 e. The van der Waals surface area contributed by atoms with Gasteiger partial charge in [0.2, 0.25) is 5.88 Å². The first-order valence-corrected chi connectivity index (χ1v) is 7.13. The lowest BCUT2D eigenvalue weighted by Crippen LogP contribution is -1.94. The molecule has 0 aliphatic rings. The summed E-state index contributed by atoms with van der Waals surface area (Å²) < 4.78 is 11.3. The number of aliphatic hydroxyl groups excluding tert-OH is 1. The van der Waals surface area contributed by atoms with Gasteiger partial charge in [0.05, 0.1) is 13.7 Å². The fraction of sp³-hybridized carbons (Fsp3) is 0.111. The van der Waals surface area contributed by atoms with Crippen LogP contribution in [0.3, 0.4) is 0 Å². The van der Waals surface area contributed by atoms with Crippen molar-refractivity contribution in [2.24, 2.45) is 0 Å². The summed E-state index contributed by atoms with van der Waals surface area (Å²) in [6.45, 7) is 0.00198. The number of benzene rings is 1. The third-order valence-electron chi connectivity index (χ3n) is 3.38. The Labute approximate surface area is 134 Å². The van der Waals surface area contributed by atoms with Crippen molar-refractivity contribution in [3.05, 3.63) is 66.6 Å². The molecule has 5 nitrogen and oxygen atoms in total. The van der Waals surface area contributed by atoms with Gasteiger partial charge >= 0.3 is 0 Å². The van der Waals surface area contributed by atoms with Gasteiger partial charge in [-0.25, -0.2) is 4.98 Å². The van der Waals surface area contributed by atoms with Gasteiger partial charge in [-0.2, -0.15) is 0 Å². The first kappa shape index (κ1) is 15.0. The molecule has 0 radical (unpaired) electrons. The van der Waals surface area contributed by atoms with Crippen molar-refractivity contribution in [2.75, 3.05) is 7.11 Å². The van der Waals surface area contributed by atoms with Crippen molar-refractivity contribution >= 4 is 0 Å². The molecule has 0 fully saturated rings. The van der Waals surface area contributed by atoms with Crippen LogP contribution in [0.2, 0.25) is 0 Å². The minimum atomic E-state index is 0.00198. The normalized spacial score (nSPS) is 10.3. The predicted octanol–water partition coefficient (Wildman–Crippen LogP) is 3.44. The Hall–Kier alpha value is -2.92. The van der Waals surface area contributed by atoms with Gasteiger partial charge in [-0.05, 0) is 35.9 Å². The molecule has 3 aromatic rings. The number of rotatable bonds is 5. The van der Waals surface area contributed by atoms with E-state index in [1.165, 1.54) is 0 Å². The molecule has 116 valence electrons. The highest BCUT2D eigenvalue weighted by atomic mass is 16.5. The minimum Gasteiger partial charge on any atom is -0.496 e. The molecule has 5 heteroatoms. The van der Waals surface area contributed by atoms with Crippen molar-refractivity contribution in [1.82, 2.24) is 9.97 Å². The van der Waals surface area contributed by atoms with Crippen LogP contribution in [0.25, 0.3) is 11.1 Å². The number of methoxy groups -OCH3 is 1. The number of aliphatic hydroxyl groups is 1. The lowest BCUT2D eigenvalue weighted by Gasteiger charge is -2.12. The fourth-order valence-corrected chi connectivity index (χ4v) is 2.21. The van der Waals surface area contributed by atoms with Crippen molar-refractivity contribution in [3.63, 3.8) is 0 Å². The Kier molecular flexibility index (Phi) is 4.49. The second kappa shape index (κ2) is 6.89. The molecule has 0 bridgehead atoms. The van der Waals surface area contributed by atoms with E-state index in [4.69, 9.17) is 14.6 Å². The highest BCUT2D eigenvalue weighted by Gasteiger charge is 2.13.